The van der Waals surface area contributed by atoms with Crippen molar-refractivity contribution in [1.29, 1.82) is 0 Å². The van der Waals surface area contributed by atoms with Crippen LogP contribution in [0.25, 0.3) is 11.5 Å². The van der Waals surface area contributed by atoms with E-state index in [1.54, 1.807) is 18.9 Å². The number of rotatable bonds is 7. The van der Waals surface area contributed by atoms with Gasteiger partial charge in [0.15, 0.2) is 0 Å². The lowest BCUT2D eigenvalue weighted by molar-refractivity contribution is -0.119. The van der Waals surface area contributed by atoms with Gasteiger partial charge in [0.2, 0.25) is 11.8 Å². The van der Waals surface area contributed by atoms with E-state index in [9.17, 15) is 4.79 Å². The fourth-order valence-electron chi connectivity index (χ4n) is 3.69. The normalized spacial score (nSPS) is 22.1. The minimum atomic E-state index is 0.118. The van der Waals surface area contributed by atoms with Crippen molar-refractivity contribution in [2.75, 3.05) is 12.9 Å². The quantitative estimate of drug-likeness (QED) is 0.718. The third kappa shape index (κ3) is 5.10. The molecule has 1 heterocycles. The maximum Gasteiger partial charge on any atom is 0.230 e. The number of oxazole rings is 1. The zero-order valence-corrected chi connectivity index (χ0v) is 18.0. The van der Waals surface area contributed by atoms with Gasteiger partial charge in [0, 0.05) is 17.4 Å². The van der Waals surface area contributed by atoms with Gasteiger partial charge in [-0.1, -0.05) is 26.7 Å². The molecule has 3 atom stereocenters. The molecule has 1 N–H and O–H groups in total. The molecule has 1 aliphatic rings. The van der Waals surface area contributed by atoms with Gasteiger partial charge < -0.3 is 14.5 Å². The Bertz CT molecular complexity index is 788. The number of aryl methyl sites for hydroxylation is 1. The van der Waals surface area contributed by atoms with Crippen LogP contribution in [-0.2, 0) is 10.5 Å². The minimum absolute atomic E-state index is 0.118. The van der Waals surface area contributed by atoms with Gasteiger partial charge in [-0.3, -0.25) is 4.79 Å². The predicted molar refractivity (Wildman–Crippen MR) is 113 cm³/mol. The maximum absolute atomic E-state index is 12.3. The number of amides is 1. The zero-order valence-electron chi connectivity index (χ0n) is 17.2. The molecule has 1 aliphatic carbocycles. The lowest BCUT2D eigenvalue weighted by Gasteiger charge is -2.34. The second kappa shape index (κ2) is 9.50. The Kier molecular flexibility index (Phi) is 7.05. The molecule has 6 heteroatoms. The Labute approximate surface area is 171 Å². The van der Waals surface area contributed by atoms with E-state index >= 15 is 0 Å². The van der Waals surface area contributed by atoms with Gasteiger partial charge in [-0.05, 0) is 49.4 Å². The van der Waals surface area contributed by atoms with Gasteiger partial charge in [-0.2, -0.15) is 0 Å². The van der Waals surface area contributed by atoms with E-state index in [2.05, 4.69) is 24.1 Å². The molecular formula is C22H30N2O3S. The topological polar surface area (TPSA) is 64.4 Å². The van der Waals surface area contributed by atoms with Crippen molar-refractivity contribution in [1.82, 2.24) is 10.3 Å². The highest BCUT2D eigenvalue weighted by Gasteiger charge is 2.28. The SMILES string of the molecule is COc1ccc(-c2nc(CSCC(=O)NC3CCCC(C)C3C)c(C)o2)cc1. The molecule has 0 aliphatic heterocycles. The molecule has 1 aromatic heterocycles. The van der Waals surface area contributed by atoms with E-state index in [-0.39, 0.29) is 5.91 Å². The highest BCUT2D eigenvalue weighted by Crippen LogP contribution is 2.30. The van der Waals surface area contributed by atoms with Crippen LogP contribution in [0, 0.1) is 18.8 Å². The van der Waals surface area contributed by atoms with Gasteiger partial charge in [-0.15, -0.1) is 11.8 Å². The Morgan fingerprint density at radius 3 is 2.75 bits per heavy atom. The van der Waals surface area contributed by atoms with Crippen molar-refractivity contribution in [2.24, 2.45) is 11.8 Å². The smallest absolute Gasteiger partial charge is 0.230 e. The summed E-state index contributed by atoms with van der Waals surface area (Å²) in [6.45, 7) is 6.45. The minimum Gasteiger partial charge on any atom is -0.497 e. The molecule has 1 fully saturated rings. The van der Waals surface area contributed by atoms with Crippen LogP contribution in [0.4, 0.5) is 0 Å². The van der Waals surface area contributed by atoms with Crippen LogP contribution in [0.1, 0.15) is 44.6 Å². The molecule has 152 valence electrons. The number of ether oxygens (including phenoxy) is 1. The first-order valence-corrected chi connectivity index (χ1v) is 11.1. The van der Waals surface area contributed by atoms with Crippen LogP contribution in [-0.4, -0.2) is 29.8 Å². The molecule has 0 radical (unpaired) electrons. The molecule has 28 heavy (non-hydrogen) atoms. The maximum atomic E-state index is 12.3. The molecule has 3 rings (SSSR count). The number of carbonyl (C=O) groups excluding carboxylic acids is 1. The molecule has 5 nitrogen and oxygen atoms in total. The number of hydrogen-bond acceptors (Lipinski definition) is 5. The van der Waals surface area contributed by atoms with Crippen LogP contribution >= 0.6 is 11.8 Å². The van der Waals surface area contributed by atoms with Crippen LogP contribution in [0.2, 0.25) is 0 Å². The van der Waals surface area contributed by atoms with Gasteiger partial charge in [0.1, 0.15) is 11.5 Å². The second-order valence-corrected chi connectivity index (χ2v) is 8.67. The molecule has 0 bridgehead atoms. The molecule has 0 spiro atoms. The van der Waals surface area contributed by atoms with Crippen molar-refractivity contribution in [3.05, 3.63) is 35.7 Å². The van der Waals surface area contributed by atoms with Gasteiger partial charge >= 0.3 is 0 Å². The molecule has 0 saturated heterocycles. The van der Waals surface area contributed by atoms with E-state index in [1.165, 1.54) is 12.8 Å². The summed E-state index contributed by atoms with van der Waals surface area (Å²) < 4.78 is 11.0. The standard InChI is InChI=1S/C22H30N2O3S/c1-14-6-5-7-19(15(14)2)23-21(25)13-28-12-20-16(3)27-22(24-20)17-8-10-18(26-4)11-9-17/h8-11,14-15,19H,5-7,12-13H2,1-4H3,(H,23,25). The van der Waals surface area contributed by atoms with Crippen molar-refractivity contribution in [2.45, 2.75) is 51.8 Å². The fraction of sp³-hybridized carbons (Fsp3) is 0.545. The molecule has 1 aromatic carbocycles. The van der Waals surface area contributed by atoms with Crippen LogP contribution in [0.15, 0.2) is 28.7 Å². The fourth-order valence-corrected chi connectivity index (χ4v) is 4.53. The lowest BCUT2D eigenvalue weighted by Crippen LogP contribution is -2.44. The molecule has 1 saturated carbocycles. The molecule has 1 amide bonds. The Hall–Kier alpha value is -1.95. The number of aromatic nitrogens is 1. The van der Waals surface area contributed by atoms with Crippen LogP contribution < -0.4 is 10.1 Å². The third-order valence-corrected chi connectivity index (χ3v) is 6.70. The number of nitrogens with zero attached hydrogens (tertiary/aromatic N) is 1. The van der Waals surface area contributed by atoms with Crippen LogP contribution in [0.5, 0.6) is 5.75 Å². The number of thioether (sulfide) groups is 1. The highest BCUT2D eigenvalue weighted by atomic mass is 32.2. The summed E-state index contributed by atoms with van der Waals surface area (Å²) in [7, 11) is 1.64. The zero-order chi connectivity index (χ0) is 20.1. The van der Waals surface area contributed by atoms with Crippen molar-refractivity contribution in [3.63, 3.8) is 0 Å². The Morgan fingerprint density at radius 1 is 1.29 bits per heavy atom. The largest absolute Gasteiger partial charge is 0.497 e. The summed E-state index contributed by atoms with van der Waals surface area (Å²) in [5.74, 6) is 4.66. The first-order valence-electron chi connectivity index (χ1n) is 9.95. The summed E-state index contributed by atoms with van der Waals surface area (Å²) in [6, 6.07) is 7.95. The number of carbonyl (C=O) groups is 1. The monoisotopic (exact) mass is 402 g/mol. The molecule has 3 unspecified atom stereocenters. The van der Waals surface area contributed by atoms with Gasteiger partial charge in [0.25, 0.3) is 0 Å². The van der Waals surface area contributed by atoms with Crippen molar-refractivity contribution >= 4 is 17.7 Å². The second-order valence-electron chi connectivity index (χ2n) is 7.68. The van der Waals surface area contributed by atoms with Crippen LogP contribution in [0.3, 0.4) is 0 Å². The first kappa shape index (κ1) is 20.8. The number of methoxy groups -OCH3 is 1. The van der Waals surface area contributed by atoms with E-state index in [1.807, 2.05) is 31.2 Å². The number of nitrogens with one attached hydrogen (secondary N) is 1. The predicted octanol–water partition coefficient (Wildman–Crippen LogP) is 4.83. The van der Waals surface area contributed by atoms with E-state index in [0.29, 0.717) is 35.3 Å². The molecular weight excluding hydrogens is 372 g/mol. The average molecular weight is 403 g/mol. The summed E-state index contributed by atoms with van der Waals surface area (Å²) in [4.78, 5) is 16.9. The first-order chi connectivity index (χ1) is 13.5. The average Bonchev–Trinajstić information content (AvgIpc) is 3.06. The van der Waals surface area contributed by atoms with E-state index < -0.39 is 0 Å². The number of benzene rings is 1. The van der Waals surface area contributed by atoms with E-state index in [0.717, 1.165) is 29.2 Å². The van der Waals surface area contributed by atoms with Gasteiger partial charge in [-0.25, -0.2) is 4.98 Å². The summed E-state index contributed by atoms with van der Waals surface area (Å²) in [5, 5.41) is 3.23. The number of hydrogen-bond donors (Lipinski definition) is 1. The van der Waals surface area contributed by atoms with Crippen molar-refractivity contribution in [3.8, 4) is 17.2 Å². The molecule has 2 aromatic rings. The summed E-state index contributed by atoms with van der Waals surface area (Å²) >= 11 is 1.58. The third-order valence-electron chi connectivity index (χ3n) is 5.75. The van der Waals surface area contributed by atoms with Crippen molar-refractivity contribution < 1.29 is 13.9 Å². The Morgan fingerprint density at radius 2 is 2.04 bits per heavy atom. The lowest BCUT2D eigenvalue weighted by atomic mass is 9.78. The summed E-state index contributed by atoms with van der Waals surface area (Å²) in [6.07, 6.45) is 3.57. The Balaban J connectivity index is 1.50. The van der Waals surface area contributed by atoms with E-state index in [4.69, 9.17) is 9.15 Å². The highest BCUT2D eigenvalue weighted by molar-refractivity contribution is 7.99. The summed E-state index contributed by atoms with van der Waals surface area (Å²) in [5.41, 5.74) is 1.81. The van der Waals surface area contributed by atoms with Gasteiger partial charge in [0.05, 0.1) is 18.6 Å².